The van der Waals surface area contributed by atoms with E-state index < -0.39 is 17.8 Å². The van der Waals surface area contributed by atoms with E-state index in [-0.39, 0.29) is 11.4 Å². The van der Waals surface area contributed by atoms with Crippen molar-refractivity contribution in [3.8, 4) is 0 Å². The van der Waals surface area contributed by atoms with E-state index in [0.29, 0.717) is 6.54 Å². The van der Waals surface area contributed by atoms with E-state index >= 15 is 0 Å². The molecule has 7 heteroatoms. The number of halogens is 3. The molecule has 4 nitrogen and oxygen atoms in total. The van der Waals surface area contributed by atoms with E-state index in [1.54, 1.807) is 0 Å². The molecule has 1 aromatic rings. The normalized spacial score (nSPS) is 11.3. The smallest absolute Gasteiger partial charge is 0.369 e. The van der Waals surface area contributed by atoms with Gasteiger partial charge in [0.15, 0.2) is 0 Å². The number of nitrogens with one attached hydrogen (secondary N) is 1. The van der Waals surface area contributed by atoms with E-state index in [4.69, 9.17) is 5.73 Å². The molecule has 1 amide bonds. The van der Waals surface area contributed by atoms with Gasteiger partial charge in [0.1, 0.15) is 11.5 Å². The lowest BCUT2D eigenvalue weighted by Crippen LogP contribution is -2.18. The van der Waals surface area contributed by atoms with Gasteiger partial charge in [0.25, 0.3) is 5.91 Å². The predicted molar refractivity (Wildman–Crippen MR) is 61.2 cm³/mol. The van der Waals surface area contributed by atoms with E-state index in [2.05, 4.69) is 10.3 Å². The standard InChI is InChI=1S/C11H14F3N3O/c1-2-3-6-16-10-7(9(15)18)4-5-8(17-10)11(12,13)14/h4-5H,2-3,6H2,1H3,(H2,15,18)(H,16,17). The second-order valence-electron chi connectivity index (χ2n) is 3.73. The molecule has 0 radical (unpaired) electrons. The summed E-state index contributed by atoms with van der Waals surface area (Å²) in [7, 11) is 0. The van der Waals surface area contributed by atoms with Crippen LogP contribution in [-0.2, 0) is 6.18 Å². The van der Waals surface area contributed by atoms with Crippen molar-refractivity contribution in [2.45, 2.75) is 25.9 Å². The molecule has 0 aliphatic carbocycles. The Hall–Kier alpha value is -1.79. The molecular weight excluding hydrogens is 247 g/mol. The molecule has 18 heavy (non-hydrogen) atoms. The Kier molecular flexibility index (Phi) is 4.52. The fourth-order valence-corrected chi connectivity index (χ4v) is 1.33. The van der Waals surface area contributed by atoms with Gasteiger partial charge < -0.3 is 11.1 Å². The summed E-state index contributed by atoms with van der Waals surface area (Å²) >= 11 is 0. The number of unbranched alkanes of at least 4 members (excludes halogenated alkanes) is 1. The van der Waals surface area contributed by atoms with Crippen LogP contribution in [0.4, 0.5) is 19.0 Å². The third-order valence-corrected chi connectivity index (χ3v) is 2.27. The maximum absolute atomic E-state index is 12.5. The number of carbonyl (C=O) groups excluding carboxylic acids is 1. The minimum absolute atomic E-state index is 0.0425. The second-order valence-corrected chi connectivity index (χ2v) is 3.73. The van der Waals surface area contributed by atoms with Crippen LogP contribution in [0.1, 0.15) is 35.8 Å². The quantitative estimate of drug-likeness (QED) is 0.800. The van der Waals surface area contributed by atoms with Crippen LogP contribution < -0.4 is 11.1 Å². The molecule has 1 heterocycles. The first-order valence-electron chi connectivity index (χ1n) is 5.48. The molecule has 1 aromatic heterocycles. The first kappa shape index (κ1) is 14.3. The summed E-state index contributed by atoms with van der Waals surface area (Å²) in [6.07, 6.45) is -2.91. The Bertz CT molecular complexity index is 432. The highest BCUT2D eigenvalue weighted by atomic mass is 19.4. The van der Waals surface area contributed by atoms with E-state index in [0.717, 1.165) is 25.0 Å². The molecule has 3 N–H and O–H groups in total. The number of nitrogens with zero attached hydrogens (tertiary/aromatic N) is 1. The van der Waals surface area contributed by atoms with Crippen LogP contribution in [0.3, 0.4) is 0 Å². The monoisotopic (exact) mass is 261 g/mol. The molecule has 100 valence electrons. The van der Waals surface area contributed by atoms with Crippen LogP contribution in [0.5, 0.6) is 0 Å². The molecule has 0 spiro atoms. The number of hydrogen-bond acceptors (Lipinski definition) is 3. The molecule has 0 unspecified atom stereocenters. The third kappa shape index (κ3) is 3.61. The summed E-state index contributed by atoms with van der Waals surface area (Å²) in [6.45, 7) is 2.38. The van der Waals surface area contributed by atoms with Crippen molar-refractivity contribution in [3.05, 3.63) is 23.4 Å². The highest BCUT2D eigenvalue weighted by molar-refractivity contribution is 5.97. The summed E-state index contributed by atoms with van der Waals surface area (Å²) < 4.78 is 37.4. The van der Waals surface area contributed by atoms with Crippen molar-refractivity contribution in [3.63, 3.8) is 0 Å². The number of amides is 1. The lowest BCUT2D eigenvalue weighted by Gasteiger charge is -2.12. The highest BCUT2D eigenvalue weighted by Gasteiger charge is 2.33. The zero-order valence-electron chi connectivity index (χ0n) is 9.84. The number of nitrogens with two attached hydrogens (primary N) is 1. The number of aromatic nitrogens is 1. The van der Waals surface area contributed by atoms with E-state index in [1.165, 1.54) is 0 Å². The maximum atomic E-state index is 12.5. The van der Waals surface area contributed by atoms with Gasteiger partial charge in [-0.2, -0.15) is 13.2 Å². The van der Waals surface area contributed by atoms with Crippen LogP contribution in [0.25, 0.3) is 0 Å². The number of pyridine rings is 1. The van der Waals surface area contributed by atoms with Gasteiger partial charge in [0.05, 0.1) is 5.56 Å². The van der Waals surface area contributed by atoms with Crippen molar-refractivity contribution in [1.29, 1.82) is 0 Å². The van der Waals surface area contributed by atoms with Crippen LogP contribution in [0.15, 0.2) is 12.1 Å². The lowest BCUT2D eigenvalue weighted by molar-refractivity contribution is -0.141. The van der Waals surface area contributed by atoms with Gasteiger partial charge in [-0.3, -0.25) is 4.79 Å². The Morgan fingerprint density at radius 2 is 2.11 bits per heavy atom. The molecule has 0 atom stereocenters. The van der Waals surface area contributed by atoms with Crippen LogP contribution in [-0.4, -0.2) is 17.4 Å². The summed E-state index contributed by atoms with van der Waals surface area (Å²) in [5.41, 5.74) is 3.99. The molecule has 0 aromatic carbocycles. The van der Waals surface area contributed by atoms with Gasteiger partial charge in [-0.15, -0.1) is 0 Å². The second kappa shape index (κ2) is 5.70. The first-order valence-corrected chi connectivity index (χ1v) is 5.48. The maximum Gasteiger partial charge on any atom is 0.433 e. The summed E-state index contributed by atoms with van der Waals surface area (Å²) in [4.78, 5) is 14.5. The van der Waals surface area contributed by atoms with Crippen molar-refractivity contribution in [2.75, 3.05) is 11.9 Å². The predicted octanol–water partition coefficient (Wildman–Crippen LogP) is 2.41. The zero-order chi connectivity index (χ0) is 13.8. The average Bonchev–Trinajstić information content (AvgIpc) is 2.27. The van der Waals surface area contributed by atoms with Crippen molar-refractivity contribution < 1.29 is 18.0 Å². The molecule has 0 bridgehead atoms. The highest BCUT2D eigenvalue weighted by Crippen LogP contribution is 2.29. The van der Waals surface area contributed by atoms with Gasteiger partial charge >= 0.3 is 6.18 Å². The third-order valence-electron chi connectivity index (χ3n) is 2.27. The summed E-state index contributed by atoms with van der Waals surface area (Å²) in [5.74, 6) is -0.930. The molecular formula is C11H14F3N3O. The Morgan fingerprint density at radius 1 is 1.44 bits per heavy atom. The molecule has 1 rings (SSSR count). The van der Waals surface area contributed by atoms with Crippen molar-refractivity contribution >= 4 is 11.7 Å². The van der Waals surface area contributed by atoms with Crippen molar-refractivity contribution in [1.82, 2.24) is 4.98 Å². The van der Waals surface area contributed by atoms with Gasteiger partial charge in [0, 0.05) is 6.54 Å². The topological polar surface area (TPSA) is 68.0 Å². The van der Waals surface area contributed by atoms with Crippen LogP contribution in [0, 0.1) is 0 Å². The number of primary amides is 1. The molecule has 0 fully saturated rings. The number of alkyl halides is 3. The fraction of sp³-hybridized carbons (Fsp3) is 0.455. The Labute approximate surface area is 102 Å². The SMILES string of the molecule is CCCCNc1nc(C(F)(F)F)ccc1C(N)=O. The van der Waals surface area contributed by atoms with Gasteiger partial charge in [-0.25, -0.2) is 4.98 Å². The Morgan fingerprint density at radius 3 is 2.61 bits per heavy atom. The van der Waals surface area contributed by atoms with Gasteiger partial charge in [0.2, 0.25) is 0 Å². The summed E-state index contributed by atoms with van der Waals surface area (Å²) in [5, 5.41) is 2.70. The van der Waals surface area contributed by atoms with Crippen molar-refractivity contribution in [2.24, 2.45) is 5.73 Å². The molecule has 0 saturated carbocycles. The van der Waals surface area contributed by atoms with E-state index in [9.17, 15) is 18.0 Å². The van der Waals surface area contributed by atoms with Gasteiger partial charge in [-0.05, 0) is 18.6 Å². The molecule has 0 saturated heterocycles. The minimum atomic E-state index is -4.54. The number of carbonyl (C=O) groups is 1. The summed E-state index contributed by atoms with van der Waals surface area (Å²) in [6, 6.07) is 1.78. The lowest BCUT2D eigenvalue weighted by atomic mass is 10.2. The van der Waals surface area contributed by atoms with Crippen LogP contribution >= 0.6 is 0 Å². The first-order chi connectivity index (χ1) is 8.36. The number of hydrogen-bond donors (Lipinski definition) is 2. The minimum Gasteiger partial charge on any atom is -0.369 e. The van der Waals surface area contributed by atoms with Gasteiger partial charge in [-0.1, -0.05) is 13.3 Å². The zero-order valence-corrected chi connectivity index (χ0v) is 9.84. The molecule has 0 aliphatic rings. The number of anilines is 1. The van der Waals surface area contributed by atoms with E-state index in [1.807, 2.05) is 6.92 Å². The average molecular weight is 261 g/mol. The largest absolute Gasteiger partial charge is 0.433 e. The molecule has 0 aliphatic heterocycles. The number of rotatable bonds is 5. The van der Waals surface area contributed by atoms with Crippen LogP contribution in [0.2, 0.25) is 0 Å². The Balaban J connectivity index is 3.04. The fourth-order valence-electron chi connectivity index (χ4n) is 1.33.